The van der Waals surface area contributed by atoms with Gasteiger partial charge in [0, 0.05) is 16.5 Å². The summed E-state index contributed by atoms with van der Waals surface area (Å²) in [7, 11) is 0. The maximum absolute atomic E-state index is 13.6. The fraction of sp³-hybridized carbons (Fsp3) is 0.273. The Morgan fingerprint density at radius 1 is 1.65 bits per heavy atom. The molecule has 0 aromatic heterocycles. The highest BCUT2D eigenvalue weighted by atomic mass is 79.9. The Balaban J connectivity index is 2.29. The third-order valence-corrected chi connectivity index (χ3v) is 3.05. The number of carbonyl (C=O) groups is 1. The van der Waals surface area contributed by atoms with Crippen LogP contribution in [-0.2, 0) is 9.63 Å². The van der Waals surface area contributed by atoms with Crippen molar-refractivity contribution in [2.24, 2.45) is 5.16 Å². The van der Waals surface area contributed by atoms with Crippen LogP contribution in [0.3, 0.4) is 0 Å². The molecule has 1 N–H and O–H groups in total. The van der Waals surface area contributed by atoms with Gasteiger partial charge in [-0.15, -0.1) is 0 Å². The minimum Gasteiger partial charge on any atom is -0.478 e. The van der Waals surface area contributed by atoms with E-state index in [0.29, 0.717) is 10.2 Å². The highest BCUT2D eigenvalue weighted by Crippen LogP contribution is 2.28. The Hall–Kier alpha value is -1.43. The molecule has 1 aliphatic heterocycles. The monoisotopic (exact) mass is 301 g/mol. The van der Waals surface area contributed by atoms with Crippen LogP contribution in [-0.4, -0.2) is 22.4 Å². The summed E-state index contributed by atoms with van der Waals surface area (Å²) in [6.07, 6.45) is 0.0425. The summed E-state index contributed by atoms with van der Waals surface area (Å²) in [5, 5.41) is 12.6. The maximum atomic E-state index is 13.6. The van der Waals surface area contributed by atoms with E-state index in [0.717, 1.165) is 0 Å². The number of nitrogens with zero attached hydrogens (tertiary/aromatic N) is 1. The molecule has 2 rings (SSSR count). The number of oxime groups is 1. The first-order valence-corrected chi connectivity index (χ1v) is 5.65. The second-order valence-electron chi connectivity index (χ2n) is 3.97. The summed E-state index contributed by atoms with van der Waals surface area (Å²) in [5.41, 5.74) is -0.840. The van der Waals surface area contributed by atoms with Crippen molar-refractivity contribution < 1.29 is 19.1 Å². The summed E-state index contributed by atoms with van der Waals surface area (Å²) < 4.78 is 14.3. The molecule has 1 heterocycles. The van der Waals surface area contributed by atoms with Crippen molar-refractivity contribution in [3.8, 4) is 0 Å². The Labute approximate surface area is 105 Å². The molecule has 17 heavy (non-hydrogen) atoms. The first-order chi connectivity index (χ1) is 7.92. The van der Waals surface area contributed by atoms with E-state index in [2.05, 4.69) is 21.1 Å². The minimum atomic E-state index is -1.41. The molecule has 1 aliphatic rings. The van der Waals surface area contributed by atoms with Crippen molar-refractivity contribution in [3.63, 3.8) is 0 Å². The second-order valence-corrected chi connectivity index (χ2v) is 4.88. The quantitative estimate of drug-likeness (QED) is 0.913. The van der Waals surface area contributed by atoms with E-state index in [9.17, 15) is 9.18 Å². The molecule has 1 aromatic rings. The molecule has 0 radical (unpaired) electrons. The van der Waals surface area contributed by atoms with Crippen molar-refractivity contribution in [3.05, 3.63) is 34.1 Å². The van der Waals surface area contributed by atoms with E-state index in [1.165, 1.54) is 19.1 Å². The van der Waals surface area contributed by atoms with Crippen molar-refractivity contribution >= 4 is 27.6 Å². The fourth-order valence-electron chi connectivity index (χ4n) is 1.52. The van der Waals surface area contributed by atoms with Crippen LogP contribution in [0, 0.1) is 5.82 Å². The Bertz CT molecular complexity index is 517. The minimum absolute atomic E-state index is 0.0425. The Morgan fingerprint density at radius 2 is 2.35 bits per heavy atom. The number of aliphatic carboxylic acids is 1. The fourth-order valence-corrected chi connectivity index (χ4v) is 1.86. The van der Waals surface area contributed by atoms with Gasteiger partial charge in [0.05, 0.1) is 5.71 Å². The third-order valence-electron chi connectivity index (χ3n) is 2.56. The number of hydrogen-bond acceptors (Lipinski definition) is 3. The van der Waals surface area contributed by atoms with Gasteiger partial charge in [0.25, 0.3) is 0 Å². The van der Waals surface area contributed by atoms with E-state index in [1.807, 2.05) is 0 Å². The topological polar surface area (TPSA) is 58.9 Å². The van der Waals surface area contributed by atoms with Crippen LogP contribution in [0.2, 0.25) is 0 Å². The van der Waals surface area contributed by atoms with Crippen LogP contribution in [0.1, 0.15) is 18.9 Å². The van der Waals surface area contributed by atoms with Crippen LogP contribution in [0.5, 0.6) is 0 Å². The predicted molar refractivity (Wildman–Crippen MR) is 62.4 cm³/mol. The van der Waals surface area contributed by atoms with Crippen molar-refractivity contribution in [2.75, 3.05) is 0 Å². The van der Waals surface area contributed by atoms with Gasteiger partial charge in [0.15, 0.2) is 0 Å². The Morgan fingerprint density at radius 3 is 2.88 bits per heavy atom. The lowest BCUT2D eigenvalue weighted by atomic mass is 9.96. The number of carboxylic acids is 1. The van der Waals surface area contributed by atoms with Crippen LogP contribution in [0.15, 0.2) is 27.8 Å². The lowest BCUT2D eigenvalue weighted by Crippen LogP contribution is -2.35. The number of rotatable bonds is 2. The number of hydrogen-bond donors (Lipinski definition) is 1. The average Bonchev–Trinajstić information content (AvgIpc) is 2.62. The molecule has 0 unspecified atom stereocenters. The van der Waals surface area contributed by atoms with Gasteiger partial charge in [-0.3, -0.25) is 0 Å². The van der Waals surface area contributed by atoms with Crippen LogP contribution >= 0.6 is 15.9 Å². The van der Waals surface area contributed by atoms with Gasteiger partial charge in [-0.2, -0.15) is 0 Å². The first kappa shape index (κ1) is 12.0. The summed E-state index contributed by atoms with van der Waals surface area (Å²) in [6, 6.07) is 4.50. The SMILES string of the molecule is C[C@]1(C(=O)O)CC(c2ccc(Br)cc2F)=NO1. The molecular weight excluding hydrogens is 293 g/mol. The average molecular weight is 302 g/mol. The highest BCUT2D eigenvalue weighted by Gasteiger charge is 2.42. The molecule has 4 nitrogen and oxygen atoms in total. The van der Waals surface area contributed by atoms with E-state index >= 15 is 0 Å². The second kappa shape index (κ2) is 4.10. The molecule has 0 bridgehead atoms. The zero-order valence-corrected chi connectivity index (χ0v) is 10.5. The highest BCUT2D eigenvalue weighted by molar-refractivity contribution is 9.10. The Kier molecular flexibility index (Phi) is 2.91. The van der Waals surface area contributed by atoms with Gasteiger partial charge in [-0.1, -0.05) is 21.1 Å². The van der Waals surface area contributed by atoms with Crippen molar-refractivity contribution in [1.82, 2.24) is 0 Å². The van der Waals surface area contributed by atoms with Gasteiger partial charge in [-0.05, 0) is 25.1 Å². The van der Waals surface area contributed by atoms with E-state index in [1.54, 1.807) is 6.07 Å². The summed E-state index contributed by atoms with van der Waals surface area (Å²) >= 11 is 3.15. The van der Waals surface area contributed by atoms with Crippen molar-refractivity contribution in [2.45, 2.75) is 18.9 Å². The van der Waals surface area contributed by atoms with Gasteiger partial charge in [-0.25, -0.2) is 9.18 Å². The van der Waals surface area contributed by atoms with Gasteiger partial charge >= 0.3 is 5.97 Å². The smallest absolute Gasteiger partial charge is 0.351 e. The molecule has 1 aromatic carbocycles. The van der Waals surface area contributed by atoms with Gasteiger partial charge in [0.1, 0.15) is 5.82 Å². The third kappa shape index (κ3) is 2.17. The molecule has 0 saturated heterocycles. The van der Waals surface area contributed by atoms with E-state index in [-0.39, 0.29) is 12.0 Å². The molecule has 0 amide bonds. The molecule has 0 aliphatic carbocycles. The summed E-state index contributed by atoms with van der Waals surface area (Å²) in [5.74, 6) is -1.58. The zero-order valence-electron chi connectivity index (χ0n) is 8.91. The lowest BCUT2D eigenvalue weighted by molar-refractivity contribution is -0.160. The van der Waals surface area contributed by atoms with Crippen LogP contribution in [0.4, 0.5) is 4.39 Å². The number of benzene rings is 1. The normalized spacial score (nSPS) is 23.1. The van der Waals surface area contributed by atoms with Crippen LogP contribution < -0.4 is 0 Å². The molecule has 0 fully saturated rings. The van der Waals surface area contributed by atoms with Crippen LogP contribution in [0.25, 0.3) is 0 Å². The molecule has 1 atom stereocenters. The largest absolute Gasteiger partial charge is 0.478 e. The standard InChI is InChI=1S/C11H9BrFNO3/c1-11(10(15)16)5-9(14-17-11)7-3-2-6(12)4-8(7)13/h2-4H,5H2,1H3,(H,15,16)/t11-/m1/s1. The van der Waals surface area contributed by atoms with E-state index < -0.39 is 17.4 Å². The summed E-state index contributed by atoms with van der Waals surface area (Å²) in [6.45, 7) is 1.41. The number of halogens is 2. The number of carboxylic acid groups (broad SMARTS) is 1. The van der Waals surface area contributed by atoms with Crippen molar-refractivity contribution in [1.29, 1.82) is 0 Å². The molecular formula is C11H9BrFNO3. The molecule has 6 heteroatoms. The predicted octanol–water partition coefficient (Wildman–Crippen LogP) is 2.56. The maximum Gasteiger partial charge on any atom is 0.351 e. The van der Waals surface area contributed by atoms with Gasteiger partial charge < -0.3 is 9.94 Å². The summed E-state index contributed by atoms with van der Waals surface area (Å²) in [4.78, 5) is 15.8. The molecule has 90 valence electrons. The zero-order chi connectivity index (χ0) is 12.6. The molecule has 0 spiro atoms. The lowest BCUT2D eigenvalue weighted by Gasteiger charge is -2.14. The molecule has 0 saturated carbocycles. The van der Waals surface area contributed by atoms with Gasteiger partial charge in [0.2, 0.25) is 5.60 Å². The first-order valence-electron chi connectivity index (χ1n) is 4.86. The van der Waals surface area contributed by atoms with E-state index in [4.69, 9.17) is 9.94 Å².